The maximum Gasteiger partial charge on any atom is 0.416 e. The van der Waals surface area contributed by atoms with Crippen molar-refractivity contribution in [1.29, 1.82) is 0 Å². The summed E-state index contributed by atoms with van der Waals surface area (Å²) in [5, 5.41) is 0. The molecule has 0 aromatic heterocycles. The van der Waals surface area contributed by atoms with Crippen LogP contribution in [0.5, 0.6) is 0 Å². The minimum Gasteiger partial charge on any atom is -0.166 e. The highest BCUT2D eigenvalue weighted by molar-refractivity contribution is 5.24. The number of aryl methyl sites for hydroxylation is 1. The molecule has 170 valence electrons. The molecule has 30 heavy (non-hydrogen) atoms. The minimum absolute atomic E-state index is 0.540. The molecule has 0 radical (unpaired) electrons. The molecule has 0 nitrogen and oxygen atoms in total. The van der Waals surface area contributed by atoms with E-state index in [4.69, 9.17) is 0 Å². The number of hydrogen-bond donors (Lipinski definition) is 0. The molecular formula is C27H41F3. The van der Waals surface area contributed by atoms with Crippen LogP contribution in [0.1, 0.15) is 102 Å². The number of halogens is 3. The van der Waals surface area contributed by atoms with Crippen LogP contribution in [-0.2, 0) is 12.6 Å². The second kappa shape index (κ2) is 11.0. The second-order valence-electron chi connectivity index (χ2n) is 10.6. The molecule has 0 aliphatic heterocycles. The first-order valence-corrected chi connectivity index (χ1v) is 12.5. The molecule has 2 fully saturated rings. The molecule has 2 saturated carbocycles. The quantitative estimate of drug-likeness (QED) is 0.392. The highest BCUT2D eigenvalue weighted by Crippen LogP contribution is 2.43. The van der Waals surface area contributed by atoms with Crippen molar-refractivity contribution in [1.82, 2.24) is 0 Å². The van der Waals surface area contributed by atoms with Crippen molar-refractivity contribution >= 4 is 0 Å². The Morgan fingerprint density at radius 1 is 0.767 bits per heavy atom. The molecular weight excluding hydrogens is 381 g/mol. The topological polar surface area (TPSA) is 0 Å². The van der Waals surface area contributed by atoms with Gasteiger partial charge in [0.1, 0.15) is 0 Å². The maximum atomic E-state index is 12.7. The first kappa shape index (κ1) is 23.7. The van der Waals surface area contributed by atoms with Crippen LogP contribution in [0.2, 0.25) is 0 Å². The summed E-state index contributed by atoms with van der Waals surface area (Å²) >= 11 is 0. The molecule has 2 aliphatic rings. The zero-order chi connectivity index (χ0) is 21.6. The zero-order valence-electron chi connectivity index (χ0n) is 19.0. The molecule has 3 heteroatoms. The number of alkyl halides is 3. The van der Waals surface area contributed by atoms with Gasteiger partial charge in [0.05, 0.1) is 5.56 Å². The fourth-order valence-corrected chi connectivity index (χ4v) is 5.94. The van der Waals surface area contributed by atoms with Gasteiger partial charge in [-0.2, -0.15) is 13.2 Å². The van der Waals surface area contributed by atoms with E-state index >= 15 is 0 Å². The minimum atomic E-state index is -4.23. The van der Waals surface area contributed by atoms with Crippen molar-refractivity contribution in [2.24, 2.45) is 29.6 Å². The van der Waals surface area contributed by atoms with E-state index in [1.807, 2.05) is 0 Å². The molecule has 3 rings (SSSR count). The molecule has 0 spiro atoms. The van der Waals surface area contributed by atoms with E-state index in [0.29, 0.717) is 0 Å². The van der Waals surface area contributed by atoms with Crippen LogP contribution in [-0.4, -0.2) is 0 Å². The third-order valence-corrected chi connectivity index (χ3v) is 7.97. The van der Waals surface area contributed by atoms with Crippen LogP contribution in [0, 0.1) is 29.6 Å². The number of rotatable bonds is 8. The lowest BCUT2D eigenvalue weighted by Gasteiger charge is -2.38. The Bertz CT molecular complexity index is 600. The van der Waals surface area contributed by atoms with Crippen LogP contribution in [0.15, 0.2) is 24.3 Å². The fourth-order valence-electron chi connectivity index (χ4n) is 5.94. The Balaban J connectivity index is 1.32. The summed E-state index contributed by atoms with van der Waals surface area (Å²) in [4.78, 5) is 0. The lowest BCUT2D eigenvalue weighted by Crippen LogP contribution is -2.26. The first-order valence-electron chi connectivity index (χ1n) is 12.5. The number of benzene rings is 1. The van der Waals surface area contributed by atoms with Crippen molar-refractivity contribution in [2.75, 3.05) is 0 Å². The molecule has 0 saturated heterocycles. The van der Waals surface area contributed by atoms with E-state index in [2.05, 4.69) is 13.8 Å². The largest absolute Gasteiger partial charge is 0.416 e. The zero-order valence-corrected chi connectivity index (χ0v) is 19.0. The van der Waals surface area contributed by atoms with Crippen LogP contribution in [0.3, 0.4) is 0 Å². The summed E-state index contributed by atoms with van der Waals surface area (Å²) < 4.78 is 38.1. The molecule has 0 amide bonds. The van der Waals surface area contributed by atoms with Gasteiger partial charge in [0, 0.05) is 0 Å². The van der Waals surface area contributed by atoms with E-state index in [0.717, 1.165) is 48.0 Å². The normalized spacial score (nSPS) is 28.1. The molecule has 0 unspecified atom stereocenters. The van der Waals surface area contributed by atoms with Crippen molar-refractivity contribution in [3.63, 3.8) is 0 Å². The van der Waals surface area contributed by atoms with Gasteiger partial charge in [-0.3, -0.25) is 0 Å². The average Bonchev–Trinajstić information content (AvgIpc) is 2.73. The summed E-state index contributed by atoms with van der Waals surface area (Å²) in [5.74, 6) is 4.48. The molecule has 1 aromatic carbocycles. The molecule has 2 aliphatic carbocycles. The highest BCUT2D eigenvalue weighted by atomic mass is 19.4. The van der Waals surface area contributed by atoms with Gasteiger partial charge in [-0.05, 0) is 85.8 Å². The molecule has 0 bridgehead atoms. The lowest BCUT2D eigenvalue weighted by molar-refractivity contribution is -0.137. The van der Waals surface area contributed by atoms with Gasteiger partial charge in [-0.15, -0.1) is 0 Å². The first-order chi connectivity index (χ1) is 14.3. The van der Waals surface area contributed by atoms with Gasteiger partial charge in [0.2, 0.25) is 0 Å². The Kier molecular flexibility index (Phi) is 8.72. The van der Waals surface area contributed by atoms with Gasteiger partial charge < -0.3 is 0 Å². The van der Waals surface area contributed by atoms with E-state index in [-0.39, 0.29) is 0 Å². The summed E-state index contributed by atoms with van der Waals surface area (Å²) in [5.41, 5.74) is 0.502. The molecule has 1 aromatic rings. The third kappa shape index (κ3) is 7.31. The third-order valence-electron chi connectivity index (χ3n) is 7.97. The van der Waals surface area contributed by atoms with Gasteiger partial charge in [-0.1, -0.05) is 70.9 Å². The summed E-state index contributed by atoms with van der Waals surface area (Å²) in [6.07, 6.45) is 13.3. The Hall–Kier alpha value is -0.990. The van der Waals surface area contributed by atoms with Crippen LogP contribution in [0.4, 0.5) is 13.2 Å². The molecule has 0 atom stereocenters. The van der Waals surface area contributed by atoms with E-state index < -0.39 is 11.7 Å². The highest BCUT2D eigenvalue weighted by Gasteiger charge is 2.31. The standard InChI is InChI=1S/C27H41F3/c1-20(2)4-3-5-21-8-14-24(15-9-21)25-16-10-22(11-17-25)6-7-23-12-18-26(19-13-23)27(28,29)30/h12-13,18-22,24-25H,3-11,14-17H2,1-2H3. The summed E-state index contributed by atoms with van der Waals surface area (Å²) in [7, 11) is 0. The average molecular weight is 423 g/mol. The SMILES string of the molecule is CC(C)CCCC1CCC(C2CCC(CCc3ccc(C(F)(F)F)cc3)CC2)CC1. The lowest BCUT2D eigenvalue weighted by atomic mass is 9.68. The van der Waals surface area contributed by atoms with Crippen molar-refractivity contribution in [3.05, 3.63) is 35.4 Å². The molecule has 0 N–H and O–H groups in total. The van der Waals surface area contributed by atoms with Gasteiger partial charge in [0.25, 0.3) is 0 Å². The van der Waals surface area contributed by atoms with Gasteiger partial charge in [-0.25, -0.2) is 0 Å². The van der Waals surface area contributed by atoms with E-state index in [1.165, 1.54) is 82.8 Å². The summed E-state index contributed by atoms with van der Waals surface area (Å²) in [6.45, 7) is 4.66. The van der Waals surface area contributed by atoms with E-state index in [1.54, 1.807) is 12.1 Å². The predicted molar refractivity (Wildman–Crippen MR) is 119 cm³/mol. The second-order valence-corrected chi connectivity index (χ2v) is 10.6. The van der Waals surface area contributed by atoms with E-state index in [9.17, 15) is 13.2 Å². The summed E-state index contributed by atoms with van der Waals surface area (Å²) in [6, 6.07) is 5.78. The van der Waals surface area contributed by atoms with Crippen molar-refractivity contribution < 1.29 is 13.2 Å². The van der Waals surface area contributed by atoms with Crippen LogP contribution in [0.25, 0.3) is 0 Å². The van der Waals surface area contributed by atoms with Gasteiger partial charge >= 0.3 is 6.18 Å². The van der Waals surface area contributed by atoms with Crippen molar-refractivity contribution in [3.8, 4) is 0 Å². The predicted octanol–water partition coefficient (Wildman–Crippen LogP) is 9.08. The Morgan fingerprint density at radius 2 is 1.27 bits per heavy atom. The van der Waals surface area contributed by atoms with Crippen LogP contribution >= 0.6 is 0 Å². The van der Waals surface area contributed by atoms with Crippen molar-refractivity contribution in [2.45, 2.75) is 103 Å². The van der Waals surface area contributed by atoms with Gasteiger partial charge in [0.15, 0.2) is 0 Å². The van der Waals surface area contributed by atoms with Crippen LogP contribution < -0.4 is 0 Å². The number of hydrogen-bond acceptors (Lipinski definition) is 0. The molecule has 0 heterocycles. The maximum absolute atomic E-state index is 12.7. The Morgan fingerprint density at radius 3 is 1.73 bits per heavy atom. The fraction of sp³-hybridized carbons (Fsp3) is 0.778. The smallest absolute Gasteiger partial charge is 0.166 e. The monoisotopic (exact) mass is 422 g/mol. The Labute approximate surface area is 182 Å².